The number of phosphoric ester groups is 2. The summed E-state index contributed by atoms with van der Waals surface area (Å²) in [4.78, 5) is 64.6. The minimum atomic E-state index is -5.27. The van der Waals surface area contributed by atoms with Crippen LogP contribution in [0.3, 0.4) is 0 Å². The second kappa shape index (κ2) is 24.3. The van der Waals surface area contributed by atoms with Crippen molar-refractivity contribution in [3.63, 3.8) is 0 Å². The number of phosphoric acid groups is 2. The second-order valence-electron chi connectivity index (χ2n) is 22.0. The molecule has 2 aromatic heterocycles. The van der Waals surface area contributed by atoms with Gasteiger partial charge in [0.15, 0.2) is 23.2 Å². The minimum absolute atomic E-state index is 0.0221. The Hall–Kier alpha value is -5.49. The molecule has 3 aromatic carbocycles. The Morgan fingerprint density at radius 3 is 2.30 bits per heavy atom. The average Bonchev–Trinajstić information content (AvgIpc) is 1.70. The molecule has 27 nitrogen and oxygen atoms in total. The Kier molecular flexibility index (Phi) is 17.5. The first-order valence-corrected chi connectivity index (χ1v) is 34.3. The van der Waals surface area contributed by atoms with Crippen LogP contribution in [0, 0.1) is 0 Å². The number of rotatable bonds is 24. The molecule has 4 atom stereocenters. The Balaban J connectivity index is 0.677. The Morgan fingerprint density at radius 2 is 1.54 bits per heavy atom. The standard InChI is InChI=1S/C53H68N10O17P2S2/c54-50-43-51(58-30-57-50)63(52-49(80-82(69,70)71)46(65)39(78-52)29-77-81(66,67)68)53(60-43)56-20-6-2-1-5-19-55-41(64)16-4-3-7-21-59-83(72,73)33-17-18-34(40(28-33)84(74,75)76)42-37-26-31-12-8-22-61-24-10-14-35(44(31)61)47(37)79-48-36-15-11-25-62-23-9-13-32(45(36)62)27-38(42)48/h17-18,26-28,30,39,46,49,52,59,65H,1-16,19-25,29H2,(H8-,54,55,56,57,58,60,64,66,67,68,69,70,71,74,75,76)/p+1/t39-,46-,49-,52-/m1/s1. The van der Waals surface area contributed by atoms with Crippen molar-refractivity contribution >= 4 is 75.9 Å². The van der Waals surface area contributed by atoms with E-state index < -0.39 is 71.8 Å². The number of imidazole rings is 1. The van der Waals surface area contributed by atoms with Crippen LogP contribution < -0.4 is 45.9 Å². The zero-order chi connectivity index (χ0) is 59.3. The summed E-state index contributed by atoms with van der Waals surface area (Å²) < 4.78 is 118. The van der Waals surface area contributed by atoms with Crippen LogP contribution in [0.4, 0.5) is 17.5 Å². The van der Waals surface area contributed by atoms with E-state index in [1.54, 1.807) is 0 Å². The van der Waals surface area contributed by atoms with Gasteiger partial charge < -0.3 is 55.4 Å². The maximum absolute atomic E-state index is 13.8. The van der Waals surface area contributed by atoms with E-state index in [1.165, 1.54) is 27.7 Å². The molecular formula is C53H69N10O17P2S2+. The van der Waals surface area contributed by atoms with E-state index in [-0.39, 0.29) is 52.3 Å². The highest BCUT2D eigenvalue weighted by molar-refractivity contribution is 7.89. The van der Waals surface area contributed by atoms with Crippen molar-refractivity contribution in [2.45, 2.75) is 137 Å². The quantitative estimate of drug-likeness (QED) is 0.0180. The monoisotopic (exact) mass is 1240 g/mol. The van der Waals surface area contributed by atoms with Crippen LogP contribution in [0.2, 0.25) is 0 Å². The number of hydrogen-bond acceptors (Lipinski definition) is 18. The smallest absolute Gasteiger partial charge is 0.455 e. The van der Waals surface area contributed by atoms with Crippen molar-refractivity contribution in [3.05, 3.63) is 80.6 Å². The van der Waals surface area contributed by atoms with E-state index >= 15 is 0 Å². The Morgan fingerprint density at radius 1 is 0.821 bits per heavy atom. The highest BCUT2D eigenvalue weighted by Gasteiger charge is 2.50. The number of aryl methyl sites for hydroxylation is 2. The predicted molar refractivity (Wildman–Crippen MR) is 305 cm³/mol. The zero-order valence-corrected chi connectivity index (χ0v) is 49.3. The van der Waals surface area contributed by atoms with Gasteiger partial charge in [0.25, 0.3) is 10.1 Å². The van der Waals surface area contributed by atoms with Crippen molar-refractivity contribution in [1.29, 1.82) is 0 Å². The molecule has 31 heteroatoms. The van der Waals surface area contributed by atoms with Gasteiger partial charge in [-0.25, -0.2) is 41.8 Å². The number of aliphatic hydroxyl groups is 1. The number of hydrogen-bond donors (Lipinski definition) is 10. The fraction of sp³-hybridized carbons (Fsp3) is 0.528. The van der Waals surface area contributed by atoms with Gasteiger partial charge in [0.05, 0.1) is 17.1 Å². The number of ether oxygens (including phenoxy) is 2. The molecule has 0 spiro atoms. The minimum Gasteiger partial charge on any atom is -0.455 e. The third kappa shape index (κ3) is 12.7. The Labute approximate surface area is 484 Å². The third-order valence-corrected chi connectivity index (χ3v) is 19.7. The molecule has 6 aliphatic heterocycles. The van der Waals surface area contributed by atoms with E-state index in [2.05, 4.69) is 56.4 Å². The third-order valence-electron chi connectivity index (χ3n) is 16.3. The highest BCUT2D eigenvalue weighted by atomic mass is 32.2. The molecular weight excluding hydrogens is 1170 g/mol. The van der Waals surface area contributed by atoms with Crippen molar-refractivity contribution in [2.75, 3.05) is 68.4 Å². The molecule has 1 saturated heterocycles. The van der Waals surface area contributed by atoms with Gasteiger partial charge in [-0.1, -0.05) is 25.3 Å². The van der Waals surface area contributed by atoms with E-state index in [0.717, 1.165) is 129 Å². The van der Waals surface area contributed by atoms with Crippen LogP contribution in [-0.4, -0.2) is 142 Å². The number of sulfonamides is 1. The van der Waals surface area contributed by atoms with Gasteiger partial charge in [-0.15, -0.1) is 0 Å². The number of amides is 1. The van der Waals surface area contributed by atoms with Gasteiger partial charge in [0, 0.05) is 90.7 Å². The number of nitrogens with zero attached hydrogens (tertiary/aromatic N) is 6. The number of aliphatic hydroxyl groups excluding tert-OH is 1. The number of nitrogen functional groups attached to an aromatic ring is 1. The first-order valence-electron chi connectivity index (χ1n) is 28.4. The summed E-state index contributed by atoms with van der Waals surface area (Å²) in [7, 11) is -19.5. The molecule has 11 rings (SSSR count). The zero-order valence-electron chi connectivity index (χ0n) is 45.9. The largest absolute Gasteiger partial charge is 0.470 e. The van der Waals surface area contributed by atoms with Crippen LogP contribution in [0.15, 0.2) is 46.5 Å². The van der Waals surface area contributed by atoms with E-state index in [9.17, 15) is 60.0 Å². The van der Waals surface area contributed by atoms with E-state index in [0.29, 0.717) is 68.7 Å². The molecule has 84 heavy (non-hydrogen) atoms. The lowest BCUT2D eigenvalue weighted by atomic mass is 9.82. The number of aromatic nitrogens is 4. The second-order valence-corrected chi connectivity index (χ2v) is 27.6. The summed E-state index contributed by atoms with van der Waals surface area (Å²) in [5.41, 5.74) is 13.4. The lowest BCUT2D eigenvalue weighted by Gasteiger charge is -2.39. The topological polar surface area (TPSA) is 390 Å². The number of fused-ring (bicyclic) bond motifs is 5. The maximum atomic E-state index is 13.8. The molecule has 454 valence electrons. The number of nitrogens with one attached hydrogen (secondary N) is 3. The first kappa shape index (κ1) is 60.2. The summed E-state index contributed by atoms with van der Waals surface area (Å²) in [6.45, 7) is 3.69. The molecule has 1 fully saturated rings. The van der Waals surface area contributed by atoms with Crippen LogP contribution in [-0.2, 0) is 73.5 Å². The van der Waals surface area contributed by atoms with E-state index in [4.69, 9.17) is 19.7 Å². The van der Waals surface area contributed by atoms with Gasteiger partial charge >= 0.3 is 15.6 Å². The molecule has 1 amide bonds. The molecule has 5 aromatic rings. The van der Waals surface area contributed by atoms with Crippen LogP contribution in [0.5, 0.6) is 11.5 Å². The van der Waals surface area contributed by atoms with Crippen molar-refractivity contribution < 1.29 is 78.5 Å². The molecule has 11 N–H and O–H groups in total. The van der Waals surface area contributed by atoms with Gasteiger partial charge in [0.1, 0.15) is 54.1 Å². The van der Waals surface area contributed by atoms with Crippen LogP contribution in [0.25, 0.3) is 16.7 Å². The van der Waals surface area contributed by atoms with Gasteiger partial charge in [0.2, 0.25) is 27.2 Å². The molecule has 0 aliphatic carbocycles. The number of anilines is 3. The van der Waals surface area contributed by atoms with Crippen molar-refractivity contribution in [1.82, 2.24) is 34.1 Å². The molecule has 0 unspecified atom stereocenters. The van der Waals surface area contributed by atoms with Crippen molar-refractivity contribution in [2.24, 2.45) is 0 Å². The Bertz CT molecular complexity index is 3870. The number of benzene rings is 3. The number of carbonyl (C=O) groups is 1. The summed E-state index contributed by atoms with van der Waals surface area (Å²) in [6, 6.07) is 8.16. The lowest BCUT2D eigenvalue weighted by molar-refractivity contribution is -0.121. The SMILES string of the molecule is Nc1ncnc2c1nc(NCCCCCCNC(=O)CCCCCNS(=O)(=O)c1ccc(C3=c4cc5c6c(c4Oc4c3cc3c7c4CCCN7CCC3)CCC[N+]=6CCC5)c(S(=O)(=O)O)c1)n2[C@@H]1O[C@H](COP(=O)(O)O)[C@@H](O)[C@H]1OP(=O)(O)O. The van der Waals surface area contributed by atoms with Gasteiger partial charge in [-0.2, -0.15) is 8.42 Å². The molecule has 0 saturated carbocycles. The fourth-order valence-electron chi connectivity index (χ4n) is 12.7. The summed E-state index contributed by atoms with van der Waals surface area (Å²) in [6.07, 6.45) is 5.86. The molecule has 0 bridgehead atoms. The van der Waals surface area contributed by atoms with Gasteiger partial charge in [-0.3, -0.25) is 23.0 Å². The van der Waals surface area contributed by atoms with Crippen LogP contribution in [0.1, 0.15) is 117 Å². The molecule has 0 radical (unpaired) electrons. The van der Waals surface area contributed by atoms with Crippen LogP contribution >= 0.6 is 15.6 Å². The first-order chi connectivity index (χ1) is 40.0. The highest BCUT2D eigenvalue weighted by Crippen LogP contribution is 2.50. The molecule has 6 aliphatic rings. The number of unbranched alkanes of at least 4 members (excludes halogenated alkanes) is 5. The van der Waals surface area contributed by atoms with E-state index in [1.807, 2.05) is 0 Å². The fourth-order valence-corrected chi connectivity index (χ4v) is 15.5. The normalized spacial score (nSPS) is 20.3. The summed E-state index contributed by atoms with van der Waals surface area (Å²) in [5, 5.41) is 18.9. The maximum Gasteiger partial charge on any atom is 0.470 e. The summed E-state index contributed by atoms with van der Waals surface area (Å²) >= 11 is 0. The average molecular weight is 1240 g/mol. The predicted octanol–water partition coefficient (Wildman–Crippen LogP) is 2.56. The molecule has 8 heterocycles. The lowest BCUT2D eigenvalue weighted by Crippen LogP contribution is -2.45. The number of carbonyl (C=O) groups excluding carboxylic acids is 1. The number of nitrogens with two attached hydrogens (primary N) is 1. The van der Waals surface area contributed by atoms with Crippen molar-refractivity contribution in [3.8, 4) is 11.5 Å². The van der Waals surface area contributed by atoms with Gasteiger partial charge in [-0.05, 0) is 94.0 Å². The summed E-state index contributed by atoms with van der Waals surface area (Å²) in [5.74, 6) is 1.23.